The number of anilines is 1. The summed E-state index contributed by atoms with van der Waals surface area (Å²) in [5.74, 6) is 1.32. The van der Waals surface area contributed by atoms with E-state index in [-0.39, 0.29) is 11.8 Å². The fourth-order valence-corrected chi connectivity index (χ4v) is 3.03. The number of carbonyl (C=O) groups excluding carboxylic acids is 1. The summed E-state index contributed by atoms with van der Waals surface area (Å²) in [6.45, 7) is 1.97. The molecule has 1 aliphatic rings. The maximum atomic E-state index is 12.1. The lowest BCUT2D eigenvalue weighted by atomic mass is 10.1. The molecule has 0 unspecified atom stereocenters. The molecular formula is C16H23N5O2. The molecule has 0 radical (unpaired) electrons. The molecule has 0 bridgehead atoms. The van der Waals surface area contributed by atoms with Gasteiger partial charge in [-0.2, -0.15) is 5.10 Å². The average Bonchev–Trinajstić information content (AvgIpc) is 3.19. The van der Waals surface area contributed by atoms with Gasteiger partial charge >= 0.3 is 0 Å². The first-order valence-electron chi connectivity index (χ1n) is 7.88. The highest BCUT2D eigenvalue weighted by atomic mass is 16.5. The summed E-state index contributed by atoms with van der Waals surface area (Å²) in [7, 11) is 5.58. The van der Waals surface area contributed by atoms with E-state index in [1.165, 1.54) is 0 Å². The fourth-order valence-electron chi connectivity index (χ4n) is 3.03. The summed E-state index contributed by atoms with van der Waals surface area (Å²) in [4.78, 5) is 20.8. The molecule has 1 saturated heterocycles. The highest BCUT2D eigenvalue weighted by molar-refractivity contribution is 5.76. The van der Waals surface area contributed by atoms with Gasteiger partial charge in [-0.15, -0.1) is 0 Å². The molecule has 7 heteroatoms. The molecular weight excluding hydrogens is 294 g/mol. The monoisotopic (exact) mass is 317 g/mol. The van der Waals surface area contributed by atoms with Gasteiger partial charge in [-0.1, -0.05) is 0 Å². The van der Waals surface area contributed by atoms with E-state index in [0.717, 1.165) is 36.5 Å². The van der Waals surface area contributed by atoms with Crippen LogP contribution in [-0.4, -0.2) is 66.3 Å². The van der Waals surface area contributed by atoms with Crippen molar-refractivity contribution in [3.05, 3.63) is 24.2 Å². The van der Waals surface area contributed by atoms with Gasteiger partial charge in [0, 0.05) is 40.2 Å². The third-order valence-corrected chi connectivity index (χ3v) is 4.29. The first-order chi connectivity index (χ1) is 11.1. The van der Waals surface area contributed by atoms with Gasteiger partial charge in [0.1, 0.15) is 5.52 Å². The van der Waals surface area contributed by atoms with Crippen LogP contribution in [0.2, 0.25) is 0 Å². The number of carbonyl (C=O) groups is 1. The molecule has 0 N–H and O–H groups in total. The number of fused-ring (bicyclic) bond motifs is 1. The van der Waals surface area contributed by atoms with E-state index in [1.807, 2.05) is 40.7 Å². The number of amides is 1. The fraction of sp³-hybridized carbons (Fsp3) is 0.562. The van der Waals surface area contributed by atoms with Crippen LogP contribution in [0.25, 0.3) is 5.52 Å². The van der Waals surface area contributed by atoms with Crippen LogP contribution in [0.3, 0.4) is 0 Å². The van der Waals surface area contributed by atoms with Gasteiger partial charge in [0.05, 0.1) is 31.1 Å². The summed E-state index contributed by atoms with van der Waals surface area (Å²) in [5, 5.41) is 4.34. The second-order valence-electron chi connectivity index (χ2n) is 6.11. The lowest BCUT2D eigenvalue weighted by Gasteiger charge is -2.18. The minimum atomic E-state index is 0.155. The van der Waals surface area contributed by atoms with Gasteiger partial charge in [0.15, 0.2) is 5.82 Å². The molecule has 1 amide bonds. The Morgan fingerprint density at radius 3 is 3.04 bits per heavy atom. The Morgan fingerprint density at radius 2 is 2.30 bits per heavy atom. The summed E-state index contributed by atoms with van der Waals surface area (Å²) in [6, 6.07) is 1.96. The predicted octanol–water partition coefficient (Wildman–Crippen LogP) is 1.15. The van der Waals surface area contributed by atoms with E-state index in [2.05, 4.69) is 5.10 Å². The van der Waals surface area contributed by atoms with Crippen LogP contribution in [-0.2, 0) is 9.53 Å². The molecule has 0 saturated carbocycles. The highest BCUT2D eigenvalue weighted by Gasteiger charge is 2.28. The number of hydrogen-bond donors (Lipinski definition) is 0. The Kier molecular flexibility index (Phi) is 4.47. The molecule has 2 aromatic rings. The van der Waals surface area contributed by atoms with E-state index in [0.29, 0.717) is 13.0 Å². The minimum Gasteiger partial charge on any atom is -0.384 e. The smallest absolute Gasteiger partial charge is 0.224 e. The van der Waals surface area contributed by atoms with E-state index in [9.17, 15) is 4.79 Å². The Hall–Kier alpha value is -2.15. The van der Waals surface area contributed by atoms with E-state index >= 15 is 0 Å². The molecule has 0 aromatic carbocycles. The number of rotatable bonds is 5. The Bertz CT molecular complexity index is 697. The number of ether oxygens (including phenoxy) is 1. The number of hydrogen-bond acceptors (Lipinski definition) is 5. The third-order valence-electron chi connectivity index (χ3n) is 4.29. The summed E-state index contributed by atoms with van der Waals surface area (Å²) < 4.78 is 6.86. The molecule has 0 spiro atoms. The summed E-state index contributed by atoms with van der Waals surface area (Å²) >= 11 is 0. The zero-order valence-electron chi connectivity index (χ0n) is 13.9. The van der Waals surface area contributed by atoms with E-state index in [1.54, 1.807) is 13.3 Å². The van der Waals surface area contributed by atoms with Crippen molar-refractivity contribution >= 4 is 17.2 Å². The van der Waals surface area contributed by atoms with Gasteiger partial charge in [-0.05, 0) is 12.5 Å². The number of nitrogens with zero attached hydrogens (tertiary/aromatic N) is 5. The SMILES string of the molecule is COCCC(=O)N1CC[C@H](c2cn3nccc3c(N(C)C)n2)C1. The third kappa shape index (κ3) is 3.14. The molecule has 23 heavy (non-hydrogen) atoms. The van der Waals surface area contributed by atoms with Crippen LogP contribution >= 0.6 is 0 Å². The van der Waals surface area contributed by atoms with Crippen LogP contribution in [0.1, 0.15) is 24.5 Å². The number of likely N-dealkylation sites (tertiary alicyclic amines) is 1. The molecule has 3 heterocycles. The highest BCUT2D eigenvalue weighted by Crippen LogP contribution is 2.28. The van der Waals surface area contributed by atoms with Crippen LogP contribution in [0, 0.1) is 0 Å². The van der Waals surface area contributed by atoms with E-state index < -0.39 is 0 Å². The molecule has 1 atom stereocenters. The van der Waals surface area contributed by atoms with Crippen molar-refractivity contribution in [2.45, 2.75) is 18.8 Å². The molecule has 3 rings (SSSR count). The average molecular weight is 317 g/mol. The minimum absolute atomic E-state index is 0.155. The summed E-state index contributed by atoms with van der Waals surface area (Å²) in [5.41, 5.74) is 1.98. The number of aromatic nitrogens is 3. The van der Waals surface area contributed by atoms with Crippen LogP contribution in [0.4, 0.5) is 5.82 Å². The Morgan fingerprint density at radius 1 is 1.48 bits per heavy atom. The zero-order valence-corrected chi connectivity index (χ0v) is 13.9. The Balaban J connectivity index is 1.80. The standard InChI is InChI=1S/C16H23N5O2/c1-19(2)16-14-4-7-17-21(14)11-13(18-16)12-5-8-20(10-12)15(22)6-9-23-3/h4,7,11-12H,5-6,8-10H2,1-3H3/t12-/m0/s1. The largest absolute Gasteiger partial charge is 0.384 e. The molecule has 1 fully saturated rings. The zero-order chi connectivity index (χ0) is 16.4. The predicted molar refractivity (Wildman–Crippen MR) is 87.7 cm³/mol. The Labute approximate surface area is 135 Å². The van der Waals surface area contributed by atoms with Crippen molar-refractivity contribution in [3.8, 4) is 0 Å². The topological polar surface area (TPSA) is 63.0 Å². The van der Waals surface area contributed by atoms with Gasteiger partial charge in [-0.3, -0.25) is 4.79 Å². The molecule has 7 nitrogen and oxygen atoms in total. The van der Waals surface area contributed by atoms with Gasteiger partial charge in [0.2, 0.25) is 5.91 Å². The van der Waals surface area contributed by atoms with Crippen LogP contribution in [0.15, 0.2) is 18.5 Å². The van der Waals surface area contributed by atoms with Gasteiger partial charge in [-0.25, -0.2) is 9.50 Å². The summed E-state index contributed by atoms with van der Waals surface area (Å²) in [6.07, 6.45) is 5.14. The van der Waals surface area contributed by atoms with Crippen molar-refractivity contribution in [2.24, 2.45) is 0 Å². The van der Waals surface area contributed by atoms with Crippen molar-refractivity contribution in [2.75, 3.05) is 45.8 Å². The lowest BCUT2D eigenvalue weighted by Crippen LogP contribution is -2.29. The van der Waals surface area contributed by atoms with Crippen LogP contribution < -0.4 is 4.90 Å². The normalized spacial score (nSPS) is 17.9. The molecule has 2 aromatic heterocycles. The van der Waals surface area contributed by atoms with Crippen molar-refractivity contribution in [3.63, 3.8) is 0 Å². The molecule has 1 aliphatic heterocycles. The number of methoxy groups -OCH3 is 1. The van der Waals surface area contributed by atoms with Crippen molar-refractivity contribution in [1.29, 1.82) is 0 Å². The van der Waals surface area contributed by atoms with Crippen molar-refractivity contribution in [1.82, 2.24) is 19.5 Å². The molecule has 124 valence electrons. The lowest BCUT2D eigenvalue weighted by molar-refractivity contribution is -0.131. The second-order valence-corrected chi connectivity index (χ2v) is 6.11. The van der Waals surface area contributed by atoms with Crippen LogP contribution in [0.5, 0.6) is 0 Å². The first-order valence-corrected chi connectivity index (χ1v) is 7.88. The van der Waals surface area contributed by atoms with Gasteiger partial charge in [0.25, 0.3) is 0 Å². The van der Waals surface area contributed by atoms with Gasteiger partial charge < -0.3 is 14.5 Å². The van der Waals surface area contributed by atoms with E-state index in [4.69, 9.17) is 9.72 Å². The quantitative estimate of drug-likeness (QED) is 0.828. The maximum Gasteiger partial charge on any atom is 0.224 e. The maximum absolute atomic E-state index is 12.1. The van der Waals surface area contributed by atoms with Crippen molar-refractivity contribution < 1.29 is 9.53 Å². The second kappa shape index (κ2) is 6.54. The first kappa shape index (κ1) is 15.7. The molecule has 0 aliphatic carbocycles.